The van der Waals surface area contributed by atoms with Crippen molar-refractivity contribution in [1.82, 2.24) is 0 Å². The lowest BCUT2D eigenvalue weighted by Crippen LogP contribution is -2.23. The Bertz CT molecular complexity index is 1170. The van der Waals surface area contributed by atoms with Gasteiger partial charge in [0.1, 0.15) is 0 Å². The van der Waals surface area contributed by atoms with E-state index >= 15 is 0 Å². The number of aliphatic imine (C=N–C) groups is 1. The topological polar surface area (TPSA) is 72.8 Å². The van der Waals surface area contributed by atoms with Crippen molar-refractivity contribution >= 4 is 21.5 Å². The Morgan fingerprint density at radius 2 is 1.38 bits per heavy atom. The molecule has 1 aliphatic heterocycles. The molecular weight excluding hydrogens is 386 g/mol. The first-order chi connectivity index (χ1) is 13.9. The predicted octanol–water partition coefficient (Wildman–Crippen LogP) is 3.89. The van der Waals surface area contributed by atoms with Crippen LogP contribution in [0.25, 0.3) is 0 Å². The molecule has 1 unspecified atom stereocenters. The lowest BCUT2D eigenvalue weighted by atomic mass is 9.99. The van der Waals surface area contributed by atoms with E-state index in [1.54, 1.807) is 48.5 Å². The van der Waals surface area contributed by atoms with Gasteiger partial charge in [-0.15, -0.1) is 0 Å². The Morgan fingerprint density at radius 1 is 0.862 bits per heavy atom. The Kier molecular flexibility index (Phi) is 4.80. The first-order valence-corrected chi connectivity index (χ1v) is 10.6. The van der Waals surface area contributed by atoms with E-state index in [9.17, 15) is 13.2 Å². The van der Waals surface area contributed by atoms with Crippen LogP contribution in [0, 0.1) is 6.92 Å². The third-order valence-electron chi connectivity index (χ3n) is 4.94. The summed E-state index contributed by atoms with van der Waals surface area (Å²) in [5.41, 5.74) is 3.16. The van der Waals surface area contributed by atoms with Gasteiger partial charge in [-0.25, -0.2) is 13.2 Å². The zero-order chi connectivity index (χ0) is 20.6. The van der Waals surface area contributed by atoms with Gasteiger partial charge < -0.3 is 4.74 Å². The van der Waals surface area contributed by atoms with Crippen molar-refractivity contribution in [2.45, 2.75) is 22.8 Å². The summed E-state index contributed by atoms with van der Waals surface area (Å²) in [6.45, 7) is 1.96. The summed E-state index contributed by atoms with van der Waals surface area (Å²) >= 11 is 0. The van der Waals surface area contributed by atoms with E-state index in [0.29, 0.717) is 22.4 Å². The van der Waals surface area contributed by atoms with Gasteiger partial charge >= 0.3 is 5.97 Å². The van der Waals surface area contributed by atoms with Crippen LogP contribution in [0.4, 0.5) is 0 Å². The number of hydrogen-bond donors (Lipinski definition) is 0. The van der Waals surface area contributed by atoms with Gasteiger partial charge in [0.25, 0.3) is 0 Å². The molecule has 5 nitrogen and oxygen atoms in total. The highest BCUT2D eigenvalue weighted by atomic mass is 32.2. The monoisotopic (exact) mass is 405 g/mol. The van der Waals surface area contributed by atoms with Crippen molar-refractivity contribution in [3.05, 3.63) is 95.1 Å². The summed E-state index contributed by atoms with van der Waals surface area (Å²) in [7, 11) is -2.35. The second kappa shape index (κ2) is 7.29. The first kappa shape index (κ1) is 19.1. The Hall–Kier alpha value is -3.25. The molecule has 0 bridgehead atoms. The molecule has 0 spiro atoms. The van der Waals surface area contributed by atoms with Crippen LogP contribution >= 0.6 is 0 Å². The smallest absolute Gasteiger partial charge is 0.335 e. The number of benzene rings is 3. The van der Waals surface area contributed by atoms with Gasteiger partial charge in [0.05, 0.1) is 22.6 Å². The van der Waals surface area contributed by atoms with Crippen LogP contribution in [0.1, 0.15) is 28.3 Å². The van der Waals surface area contributed by atoms with Crippen molar-refractivity contribution in [3.8, 4) is 0 Å². The van der Waals surface area contributed by atoms with E-state index < -0.39 is 21.8 Å². The molecule has 1 aliphatic rings. The standard InChI is InChI=1S/C23H19NO4S/c1-15-11-13-16(14-12-15)21(23(25)28-2)24-22-17-7-3-5-9-19(17)29(26,27)20-10-6-4-8-18(20)22/h3-14,21H,1-2H3. The summed E-state index contributed by atoms with van der Waals surface area (Å²) in [4.78, 5) is 17.7. The highest BCUT2D eigenvalue weighted by Crippen LogP contribution is 2.36. The molecule has 3 aromatic carbocycles. The van der Waals surface area contributed by atoms with Crippen molar-refractivity contribution < 1.29 is 17.9 Å². The number of ether oxygens (including phenoxy) is 1. The van der Waals surface area contributed by atoms with Crippen molar-refractivity contribution in [2.24, 2.45) is 4.99 Å². The predicted molar refractivity (Wildman–Crippen MR) is 110 cm³/mol. The van der Waals surface area contributed by atoms with E-state index in [-0.39, 0.29) is 9.79 Å². The lowest BCUT2D eigenvalue weighted by molar-refractivity contribution is -0.142. The van der Waals surface area contributed by atoms with Crippen LogP contribution in [-0.4, -0.2) is 27.2 Å². The zero-order valence-electron chi connectivity index (χ0n) is 16.0. The van der Waals surface area contributed by atoms with Gasteiger partial charge in [-0.2, -0.15) is 0 Å². The molecule has 0 N–H and O–H groups in total. The summed E-state index contributed by atoms with van der Waals surface area (Å²) in [6, 6.07) is 20.0. The third kappa shape index (κ3) is 3.25. The maximum Gasteiger partial charge on any atom is 0.335 e. The van der Waals surface area contributed by atoms with Crippen molar-refractivity contribution in [2.75, 3.05) is 7.11 Å². The minimum Gasteiger partial charge on any atom is -0.467 e. The van der Waals surface area contributed by atoms with Crippen molar-refractivity contribution in [1.29, 1.82) is 0 Å². The Labute approximate surface area is 169 Å². The summed E-state index contributed by atoms with van der Waals surface area (Å²) in [5.74, 6) is -0.509. The number of carbonyl (C=O) groups is 1. The highest BCUT2D eigenvalue weighted by Gasteiger charge is 2.34. The Morgan fingerprint density at radius 3 is 1.90 bits per heavy atom. The van der Waals surface area contributed by atoms with Crippen LogP contribution < -0.4 is 0 Å². The van der Waals surface area contributed by atoms with E-state index in [0.717, 1.165) is 5.56 Å². The molecule has 0 aromatic heterocycles. The summed E-state index contributed by atoms with van der Waals surface area (Å²) in [6.07, 6.45) is 0. The number of hydrogen-bond acceptors (Lipinski definition) is 5. The fourth-order valence-electron chi connectivity index (χ4n) is 3.45. The van der Waals surface area contributed by atoms with E-state index in [1.807, 2.05) is 31.2 Å². The van der Waals surface area contributed by atoms with E-state index in [1.165, 1.54) is 7.11 Å². The number of sulfone groups is 1. The average Bonchev–Trinajstić information content (AvgIpc) is 2.74. The second-order valence-electron chi connectivity index (χ2n) is 6.81. The van der Waals surface area contributed by atoms with Gasteiger partial charge in [0, 0.05) is 11.1 Å². The molecule has 1 heterocycles. The molecule has 4 rings (SSSR count). The molecule has 3 aromatic rings. The fraction of sp³-hybridized carbons (Fsp3) is 0.130. The quantitative estimate of drug-likeness (QED) is 0.485. The molecule has 146 valence electrons. The van der Waals surface area contributed by atoms with E-state index in [2.05, 4.69) is 0 Å². The largest absolute Gasteiger partial charge is 0.467 e. The SMILES string of the molecule is COC(=O)C(N=C1c2ccccc2S(=O)(=O)c2ccccc21)c1ccc(C)cc1. The summed E-state index contributed by atoms with van der Waals surface area (Å²) in [5, 5.41) is 0. The number of esters is 1. The number of fused-ring (bicyclic) bond motifs is 2. The molecule has 6 heteroatoms. The first-order valence-electron chi connectivity index (χ1n) is 9.09. The maximum atomic E-state index is 13.1. The normalized spacial score (nSPS) is 15.0. The van der Waals surface area contributed by atoms with E-state index in [4.69, 9.17) is 9.73 Å². The average molecular weight is 405 g/mol. The third-order valence-corrected chi connectivity index (χ3v) is 6.81. The van der Waals surface area contributed by atoms with Gasteiger partial charge in [-0.05, 0) is 24.6 Å². The van der Waals surface area contributed by atoms with Crippen LogP contribution in [0.15, 0.2) is 87.6 Å². The van der Waals surface area contributed by atoms with Crippen LogP contribution in [-0.2, 0) is 19.4 Å². The number of aryl methyl sites for hydroxylation is 1. The fourth-order valence-corrected chi connectivity index (χ4v) is 5.11. The van der Waals surface area contributed by atoms with Gasteiger partial charge in [0.15, 0.2) is 6.04 Å². The molecule has 0 radical (unpaired) electrons. The number of nitrogens with zero attached hydrogens (tertiary/aromatic N) is 1. The second-order valence-corrected chi connectivity index (χ2v) is 8.70. The minimum absolute atomic E-state index is 0.185. The number of rotatable bonds is 3. The highest BCUT2D eigenvalue weighted by molar-refractivity contribution is 7.91. The van der Waals surface area contributed by atoms with Gasteiger partial charge in [-0.3, -0.25) is 4.99 Å². The molecule has 0 fully saturated rings. The number of methoxy groups -OCH3 is 1. The molecule has 0 saturated heterocycles. The molecular formula is C23H19NO4S. The minimum atomic E-state index is -3.66. The van der Waals surface area contributed by atoms with Crippen molar-refractivity contribution in [3.63, 3.8) is 0 Å². The lowest BCUT2D eigenvalue weighted by Gasteiger charge is -2.23. The van der Waals surface area contributed by atoms with Crippen LogP contribution in [0.2, 0.25) is 0 Å². The molecule has 0 aliphatic carbocycles. The van der Waals surface area contributed by atoms with Gasteiger partial charge in [0.2, 0.25) is 9.84 Å². The van der Waals surface area contributed by atoms with Crippen LogP contribution in [0.3, 0.4) is 0 Å². The van der Waals surface area contributed by atoms with Gasteiger partial charge in [-0.1, -0.05) is 66.2 Å². The van der Waals surface area contributed by atoms with Crippen LogP contribution in [0.5, 0.6) is 0 Å². The molecule has 1 atom stereocenters. The number of carbonyl (C=O) groups excluding carboxylic acids is 1. The maximum absolute atomic E-state index is 13.1. The Balaban J connectivity index is 1.99. The molecule has 29 heavy (non-hydrogen) atoms. The molecule has 0 amide bonds. The zero-order valence-corrected chi connectivity index (χ0v) is 16.8. The summed E-state index contributed by atoms with van der Waals surface area (Å²) < 4.78 is 31.1. The molecule has 0 saturated carbocycles.